The van der Waals surface area contributed by atoms with Gasteiger partial charge in [-0.15, -0.1) is 0 Å². The number of nitrogens with zero attached hydrogens (tertiary/aromatic N) is 1. The fraction of sp³-hybridized carbons (Fsp3) is 0.889. The van der Waals surface area contributed by atoms with Gasteiger partial charge in [0.1, 0.15) is 0 Å². The van der Waals surface area contributed by atoms with Crippen molar-refractivity contribution >= 4 is 0 Å². The minimum atomic E-state index is 0.221. The van der Waals surface area contributed by atoms with Gasteiger partial charge in [0, 0.05) is 16.6 Å². The van der Waals surface area contributed by atoms with Gasteiger partial charge in [-0.2, -0.15) is 0 Å². The van der Waals surface area contributed by atoms with E-state index in [-0.39, 0.29) is 5.54 Å². The van der Waals surface area contributed by atoms with E-state index in [0.29, 0.717) is 11.1 Å². The summed E-state index contributed by atoms with van der Waals surface area (Å²) in [7, 11) is 0. The Labute approximate surface area is 121 Å². The van der Waals surface area contributed by atoms with Crippen LogP contribution in [0.5, 0.6) is 0 Å². The minimum Gasteiger partial charge on any atom is -0.287 e. The van der Waals surface area contributed by atoms with Crippen LogP contribution in [0.15, 0.2) is 12.2 Å². The van der Waals surface area contributed by atoms with E-state index >= 15 is 0 Å². The molecular formula is C18H35N. The number of likely N-dealkylation sites (tertiary alicyclic amines) is 1. The van der Waals surface area contributed by atoms with Crippen molar-refractivity contribution in [2.24, 2.45) is 0 Å². The molecule has 0 aromatic rings. The zero-order valence-corrected chi connectivity index (χ0v) is 14.4. The van der Waals surface area contributed by atoms with Crippen LogP contribution in [0.3, 0.4) is 0 Å². The molecule has 1 aliphatic heterocycles. The monoisotopic (exact) mass is 265 g/mol. The van der Waals surface area contributed by atoms with Gasteiger partial charge in [0.05, 0.1) is 0 Å². The summed E-state index contributed by atoms with van der Waals surface area (Å²) in [5.74, 6) is 0. The maximum Gasteiger partial charge on any atom is 0.0252 e. The highest BCUT2D eigenvalue weighted by Gasteiger charge is 2.53. The van der Waals surface area contributed by atoms with Gasteiger partial charge >= 0.3 is 0 Å². The van der Waals surface area contributed by atoms with E-state index in [1.54, 1.807) is 0 Å². The van der Waals surface area contributed by atoms with Crippen LogP contribution in [0, 0.1) is 0 Å². The molecule has 1 fully saturated rings. The van der Waals surface area contributed by atoms with Crippen molar-refractivity contribution < 1.29 is 0 Å². The zero-order valence-electron chi connectivity index (χ0n) is 14.4. The second kappa shape index (κ2) is 5.60. The topological polar surface area (TPSA) is 3.24 Å². The largest absolute Gasteiger partial charge is 0.287 e. The second-order valence-electron chi connectivity index (χ2n) is 7.47. The van der Waals surface area contributed by atoms with Crippen molar-refractivity contribution in [1.82, 2.24) is 4.90 Å². The lowest BCUT2D eigenvalue weighted by Gasteiger charge is -2.63. The molecule has 0 saturated carbocycles. The second-order valence-corrected chi connectivity index (χ2v) is 7.47. The lowest BCUT2D eigenvalue weighted by atomic mass is 9.67. The molecule has 1 heterocycles. The third-order valence-electron chi connectivity index (χ3n) is 5.41. The number of hydrogen-bond donors (Lipinski definition) is 0. The average molecular weight is 265 g/mol. The molecule has 0 unspecified atom stereocenters. The van der Waals surface area contributed by atoms with Crippen molar-refractivity contribution in [2.45, 2.75) is 104 Å². The number of rotatable bonds is 4. The first-order chi connectivity index (χ1) is 8.71. The summed E-state index contributed by atoms with van der Waals surface area (Å²) < 4.78 is 0. The Morgan fingerprint density at radius 2 is 1.21 bits per heavy atom. The Balaban J connectivity index is 3.41. The molecule has 0 radical (unpaired) electrons. The fourth-order valence-corrected chi connectivity index (χ4v) is 4.71. The Morgan fingerprint density at radius 1 is 0.895 bits per heavy atom. The molecule has 1 heteroatoms. The first-order valence-corrected chi connectivity index (χ1v) is 8.18. The van der Waals surface area contributed by atoms with E-state index in [2.05, 4.69) is 59.9 Å². The molecule has 0 amide bonds. The van der Waals surface area contributed by atoms with Gasteiger partial charge in [0.15, 0.2) is 0 Å². The van der Waals surface area contributed by atoms with Crippen LogP contribution in [0.2, 0.25) is 0 Å². The molecule has 0 aliphatic carbocycles. The fourth-order valence-electron chi connectivity index (χ4n) is 4.71. The highest BCUT2D eigenvalue weighted by Crippen LogP contribution is 2.50. The van der Waals surface area contributed by atoms with E-state index in [4.69, 9.17) is 0 Å². The van der Waals surface area contributed by atoms with E-state index < -0.39 is 0 Å². The van der Waals surface area contributed by atoms with Gasteiger partial charge in [0.2, 0.25) is 0 Å². The molecular weight excluding hydrogens is 230 g/mol. The summed E-state index contributed by atoms with van der Waals surface area (Å²) in [5.41, 5.74) is 2.30. The van der Waals surface area contributed by atoms with Crippen molar-refractivity contribution in [3.05, 3.63) is 12.2 Å². The zero-order chi connectivity index (χ0) is 14.9. The Kier molecular flexibility index (Phi) is 4.93. The molecule has 0 aromatic carbocycles. The lowest BCUT2D eigenvalue weighted by Crippen LogP contribution is -2.69. The Morgan fingerprint density at radius 3 is 1.42 bits per heavy atom. The SMILES string of the molecule is C=C1CC(CC)(CC)N(C(C)(C)C)C(CC)(CC)C1. The predicted octanol–water partition coefficient (Wildman–Crippen LogP) is 5.55. The molecule has 112 valence electrons. The molecule has 0 spiro atoms. The molecule has 1 nitrogen and oxygen atoms in total. The van der Waals surface area contributed by atoms with E-state index in [1.807, 2.05) is 0 Å². The van der Waals surface area contributed by atoms with E-state index in [9.17, 15) is 0 Å². The van der Waals surface area contributed by atoms with Crippen molar-refractivity contribution in [2.75, 3.05) is 0 Å². The highest BCUT2D eigenvalue weighted by molar-refractivity contribution is 5.19. The molecule has 1 aliphatic rings. The van der Waals surface area contributed by atoms with Gasteiger partial charge in [-0.1, -0.05) is 39.8 Å². The van der Waals surface area contributed by atoms with Crippen LogP contribution in [0.1, 0.15) is 87.0 Å². The third kappa shape index (κ3) is 2.77. The van der Waals surface area contributed by atoms with Gasteiger partial charge in [0.25, 0.3) is 0 Å². The predicted molar refractivity (Wildman–Crippen MR) is 86.6 cm³/mol. The van der Waals surface area contributed by atoms with Crippen LogP contribution < -0.4 is 0 Å². The summed E-state index contributed by atoms with van der Waals surface area (Å²) >= 11 is 0. The van der Waals surface area contributed by atoms with Gasteiger partial charge in [-0.25, -0.2) is 0 Å². The smallest absolute Gasteiger partial charge is 0.0252 e. The summed E-state index contributed by atoms with van der Waals surface area (Å²) in [6.45, 7) is 21.0. The Hall–Kier alpha value is -0.300. The summed E-state index contributed by atoms with van der Waals surface area (Å²) in [6, 6.07) is 0. The van der Waals surface area contributed by atoms with Crippen molar-refractivity contribution in [3.8, 4) is 0 Å². The number of hydrogen-bond acceptors (Lipinski definition) is 1. The highest BCUT2D eigenvalue weighted by atomic mass is 15.3. The molecule has 1 saturated heterocycles. The molecule has 0 bridgehead atoms. The quantitative estimate of drug-likeness (QED) is 0.602. The van der Waals surface area contributed by atoms with Crippen LogP contribution in [-0.4, -0.2) is 21.5 Å². The first-order valence-electron chi connectivity index (χ1n) is 8.18. The molecule has 0 N–H and O–H groups in total. The van der Waals surface area contributed by atoms with Crippen LogP contribution in [-0.2, 0) is 0 Å². The summed E-state index contributed by atoms with van der Waals surface area (Å²) in [6.07, 6.45) is 7.25. The summed E-state index contributed by atoms with van der Waals surface area (Å²) in [4.78, 5) is 2.88. The van der Waals surface area contributed by atoms with Gasteiger partial charge in [-0.05, 0) is 59.3 Å². The minimum absolute atomic E-state index is 0.221. The third-order valence-corrected chi connectivity index (χ3v) is 5.41. The van der Waals surface area contributed by atoms with Crippen LogP contribution in [0.4, 0.5) is 0 Å². The van der Waals surface area contributed by atoms with Crippen LogP contribution in [0.25, 0.3) is 0 Å². The summed E-state index contributed by atoms with van der Waals surface area (Å²) in [5, 5.41) is 0. The lowest BCUT2D eigenvalue weighted by molar-refractivity contribution is -0.114. The number of piperidine rings is 1. The molecule has 1 rings (SSSR count). The Bertz CT molecular complexity index is 289. The maximum absolute atomic E-state index is 4.39. The van der Waals surface area contributed by atoms with Gasteiger partial charge in [-0.3, -0.25) is 4.90 Å². The van der Waals surface area contributed by atoms with Crippen molar-refractivity contribution in [3.63, 3.8) is 0 Å². The maximum atomic E-state index is 4.39. The van der Waals surface area contributed by atoms with E-state index in [1.165, 1.54) is 44.1 Å². The average Bonchev–Trinajstić information content (AvgIpc) is 2.35. The van der Waals surface area contributed by atoms with Crippen molar-refractivity contribution in [1.29, 1.82) is 0 Å². The molecule has 19 heavy (non-hydrogen) atoms. The first kappa shape index (κ1) is 16.8. The standard InChI is InChI=1S/C18H35N/c1-9-17(10-2)13-15(5)14-18(11-3,12-4)19(17)16(6,7)8/h5,9-14H2,1-4,6-8H3. The van der Waals surface area contributed by atoms with Crippen LogP contribution >= 0.6 is 0 Å². The van der Waals surface area contributed by atoms with Gasteiger partial charge < -0.3 is 0 Å². The van der Waals surface area contributed by atoms with E-state index in [0.717, 1.165) is 0 Å². The molecule has 0 aromatic heterocycles. The molecule has 0 atom stereocenters. The normalized spacial score (nSPS) is 23.6.